The minimum absolute atomic E-state index is 0.00511. The van der Waals surface area contributed by atoms with E-state index in [4.69, 9.17) is 0 Å². The molecule has 3 amide bonds. The fourth-order valence-electron chi connectivity index (χ4n) is 4.32. The van der Waals surface area contributed by atoms with Gasteiger partial charge in [-0.25, -0.2) is 4.79 Å². The monoisotopic (exact) mass is 341 g/mol. The minimum Gasteiger partial charge on any atom is -0.353 e. The number of hydrogen-bond acceptors (Lipinski definition) is 2. The van der Waals surface area contributed by atoms with Crippen molar-refractivity contribution in [3.05, 3.63) is 29.8 Å². The molecule has 3 fully saturated rings. The molecule has 1 saturated carbocycles. The Morgan fingerprint density at radius 3 is 2.24 bits per heavy atom. The molecule has 0 spiro atoms. The molecule has 2 heterocycles. The second-order valence-electron chi connectivity index (χ2n) is 7.89. The van der Waals surface area contributed by atoms with Gasteiger partial charge < -0.3 is 15.5 Å². The van der Waals surface area contributed by atoms with Crippen LogP contribution in [0.5, 0.6) is 0 Å². The van der Waals surface area contributed by atoms with Gasteiger partial charge in [-0.3, -0.25) is 4.79 Å². The van der Waals surface area contributed by atoms with E-state index in [2.05, 4.69) is 10.6 Å². The van der Waals surface area contributed by atoms with Crippen LogP contribution in [-0.2, 0) is 4.79 Å². The number of amides is 3. The molecule has 0 radical (unpaired) electrons. The number of hydrogen-bond donors (Lipinski definition) is 2. The highest BCUT2D eigenvalue weighted by Crippen LogP contribution is 2.35. The third-order valence-electron chi connectivity index (χ3n) is 5.81. The van der Waals surface area contributed by atoms with Gasteiger partial charge in [-0.15, -0.1) is 0 Å². The number of aryl methyl sites for hydroxylation is 1. The first-order valence-corrected chi connectivity index (χ1v) is 9.56. The summed E-state index contributed by atoms with van der Waals surface area (Å²) in [4.78, 5) is 27.0. The molecule has 0 unspecified atom stereocenters. The Labute approximate surface area is 149 Å². The lowest BCUT2D eigenvalue weighted by Crippen LogP contribution is -2.59. The summed E-state index contributed by atoms with van der Waals surface area (Å²) in [5.41, 5.74) is 2.03. The van der Waals surface area contributed by atoms with Gasteiger partial charge in [0.1, 0.15) is 0 Å². The van der Waals surface area contributed by atoms with Crippen LogP contribution in [0.2, 0.25) is 0 Å². The van der Waals surface area contributed by atoms with E-state index in [9.17, 15) is 9.59 Å². The van der Waals surface area contributed by atoms with Crippen LogP contribution < -0.4 is 10.6 Å². The number of fused-ring (bicyclic) bond motifs is 2. The van der Waals surface area contributed by atoms with E-state index in [1.54, 1.807) is 0 Å². The number of piperidine rings is 2. The number of rotatable bonds is 3. The zero-order chi connectivity index (χ0) is 17.4. The van der Waals surface area contributed by atoms with E-state index in [0.717, 1.165) is 44.2 Å². The van der Waals surface area contributed by atoms with Crippen LogP contribution in [0.1, 0.15) is 50.5 Å². The normalized spacial score (nSPS) is 28.4. The molecule has 1 aliphatic carbocycles. The SMILES string of the molecule is Cc1ccc(NC(=O)N2[C@@H]3CCC[C@@H]2CC(NC(=O)C2CC2)C3)cc1. The van der Waals surface area contributed by atoms with Crippen molar-refractivity contribution in [3.8, 4) is 0 Å². The van der Waals surface area contributed by atoms with Crippen molar-refractivity contribution in [2.45, 2.75) is 70.0 Å². The van der Waals surface area contributed by atoms with Crippen molar-refractivity contribution in [2.75, 3.05) is 5.32 Å². The quantitative estimate of drug-likeness (QED) is 0.885. The maximum atomic E-state index is 12.8. The molecule has 1 aromatic rings. The van der Waals surface area contributed by atoms with Gasteiger partial charge in [0.25, 0.3) is 0 Å². The summed E-state index contributed by atoms with van der Waals surface area (Å²) in [5.74, 6) is 0.475. The smallest absolute Gasteiger partial charge is 0.322 e. The topological polar surface area (TPSA) is 61.4 Å². The van der Waals surface area contributed by atoms with E-state index in [-0.39, 0.29) is 36.0 Å². The number of carbonyl (C=O) groups is 2. The predicted molar refractivity (Wildman–Crippen MR) is 97.4 cm³/mol. The van der Waals surface area contributed by atoms with Gasteiger partial charge in [0.05, 0.1) is 0 Å². The largest absolute Gasteiger partial charge is 0.353 e. The van der Waals surface area contributed by atoms with E-state index < -0.39 is 0 Å². The van der Waals surface area contributed by atoms with Gasteiger partial charge in [-0.05, 0) is 64.0 Å². The number of nitrogens with one attached hydrogen (secondary N) is 2. The number of benzene rings is 1. The van der Waals surface area contributed by atoms with E-state index in [0.29, 0.717) is 0 Å². The highest BCUT2D eigenvalue weighted by Gasteiger charge is 2.42. The summed E-state index contributed by atoms with van der Waals surface area (Å²) in [7, 11) is 0. The second-order valence-corrected chi connectivity index (χ2v) is 7.89. The molecule has 25 heavy (non-hydrogen) atoms. The molecule has 3 aliphatic rings. The van der Waals surface area contributed by atoms with Crippen molar-refractivity contribution in [3.63, 3.8) is 0 Å². The molecule has 134 valence electrons. The van der Waals surface area contributed by atoms with Gasteiger partial charge in [0.2, 0.25) is 5.91 Å². The first-order chi connectivity index (χ1) is 12.1. The van der Waals surface area contributed by atoms with Crippen molar-refractivity contribution in [1.82, 2.24) is 10.2 Å². The molecule has 2 N–H and O–H groups in total. The first-order valence-electron chi connectivity index (χ1n) is 9.56. The van der Waals surface area contributed by atoms with Crippen LogP contribution in [0, 0.1) is 12.8 Å². The lowest BCUT2D eigenvalue weighted by atomic mass is 9.82. The fraction of sp³-hybridized carbons (Fsp3) is 0.600. The molecule has 2 atom stereocenters. The second kappa shape index (κ2) is 6.70. The molecule has 4 rings (SSSR count). The van der Waals surface area contributed by atoms with E-state index in [1.165, 1.54) is 12.0 Å². The average molecular weight is 341 g/mol. The lowest BCUT2D eigenvalue weighted by Gasteiger charge is -2.48. The van der Waals surface area contributed by atoms with Crippen LogP contribution in [0.4, 0.5) is 10.5 Å². The Kier molecular flexibility index (Phi) is 4.40. The standard InChI is InChI=1S/C20H27N3O2/c1-13-5-9-15(10-6-13)22-20(25)23-17-3-2-4-18(23)12-16(11-17)21-19(24)14-7-8-14/h5-6,9-10,14,16-18H,2-4,7-8,11-12H2,1H3,(H,21,24)(H,22,25)/t17-,18-/m1/s1. The molecular weight excluding hydrogens is 314 g/mol. The maximum absolute atomic E-state index is 12.8. The number of nitrogens with zero attached hydrogens (tertiary/aromatic N) is 1. The summed E-state index contributed by atoms with van der Waals surface area (Å²) in [6, 6.07) is 8.63. The Balaban J connectivity index is 1.40. The Morgan fingerprint density at radius 1 is 1.00 bits per heavy atom. The zero-order valence-corrected chi connectivity index (χ0v) is 14.8. The number of urea groups is 1. The first kappa shape index (κ1) is 16.4. The van der Waals surface area contributed by atoms with Gasteiger partial charge in [0, 0.05) is 29.7 Å². The molecule has 1 aromatic carbocycles. The van der Waals surface area contributed by atoms with Gasteiger partial charge in [-0.2, -0.15) is 0 Å². The molecule has 5 nitrogen and oxygen atoms in total. The molecule has 2 aliphatic heterocycles. The highest BCUT2D eigenvalue weighted by molar-refractivity contribution is 5.90. The summed E-state index contributed by atoms with van der Waals surface area (Å²) < 4.78 is 0. The van der Waals surface area contributed by atoms with Crippen molar-refractivity contribution >= 4 is 17.6 Å². The summed E-state index contributed by atoms with van der Waals surface area (Å²) in [5, 5.41) is 6.28. The van der Waals surface area contributed by atoms with Gasteiger partial charge in [-0.1, -0.05) is 17.7 Å². The predicted octanol–water partition coefficient (Wildman–Crippen LogP) is 3.44. The highest BCUT2D eigenvalue weighted by atomic mass is 16.2. The van der Waals surface area contributed by atoms with Gasteiger partial charge >= 0.3 is 6.03 Å². The molecule has 0 aromatic heterocycles. The van der Waals surface area contributed by atoms with Crippen LogP contribution in [0.25, 0.3) is 0 Å². The van der Waals surface area contributed by atoms with Crippen molar-refractivity contribution in [2.24, 2.45) is 5.92 Å². The van der Waals surface area contributed by atoms with Gasteiger partial charge in [0.15, 0.2) is 0 Å². The van der Waals surface area contributed by atoms with E-state index >= 15 is 0 Å². The van der Waals surface area contributed by atoms with Crippen LogP contribution in [0.3, 0.4) is 0 Å². The fourth-order valence-corrected chi connectivity index (χ4v) is 4.32. The third kappa shape index (κ3) is 3.65. The lowest BCUT2D eigenvalue weighted by molar-refractivity contribution is -0.123. The van der Waals surface area contributed by atoms with Crippen LogP contribution in [-0.4, -0.2) is 35.0 Å². The third-order valence-corrected chi connectivity index (χ3v) is 5.81. The summed E-state index contributed by atoms with van der Waals surface area (Å²) in [6.45, 7) is 2.04. The van der Waals surface area contributed by atoms with Crippen LogP contribution >= 0.6 is 0 Å². The van der Waals surface area contributed by atoms with Crippen molar-refractivity contribution < 1.29 is 9.59 Å². The van der Waals surface area contributed by atoms with Crippen molar-refractivity contribution in [1.29, 1.82) is 0 Å². The van der Waals surface area contributed by atoms with Crippen LogP contribution in [0.15, 0.2) is 24.3 Å². The number of carbonyl (C=O) groups excluding carboxylic acids is 2. The Bertz CT molecular complexity index is 639. The number of anilines is 1. The summed E-state index contributed by atoms with van der Waals surface area (Å²) >= 11 is 0. The molecular formula is C20H27N3O2. The Morgan fingerprint density at radius 2 is 1.64 bits per heavy atom. The van der Waals surface area contributed by atoms with E-state index in [1.807, 2.05) is 36.1 Å². The maximum Gasteiger partial charge on any atom is 0.322 e. The average Bonchev–Trinajstić information content (AvgIpc) is 3.41. The minimum atomic E-state index is 0.00511. The Hall–Kier alpha value is -2.04. The molecule has 2 bridgehead atoms. The zero-order valence-electron chi connectivity index (χ0n) is 14.8. The molecule has 2 saturated heterocycles. The summed E-state index contributed by atoms with van der Waals surface area (Å²) in [6.07, 6.45) is 7.09. The molecule has 5 heteroatoms.